The number of para-hydroxylation sites is 1. The summed E-state index contributed by atoms with van der Waals surface area (Å²) in [5, 5.41) is 9.86. The van der Waals surface area contributed by atoms with E-state index in [9.17, 15) is 5.11 Å². The highest BCUT2D eigenvalue weighted by Gasteiger charge is 2.19. The lowest BCUT2D eigenvalue weighted by atomic mass is 10.1. The average molecular weight is 322 g/mol. The van der Waals surface area contributed by atoms with Crippen molar-refractivity contribution in [2.24, 2.45) is 0 Å². The highest BCUT2D eigenvalue weighted by atomic mass is 16.5. The van der Waals surface area contributed by atoms with Crippen molar-refractivity contribution in [3.63, 3.8) is 0 Å². The third-order valence-corrected chi connectivity index (χ3v) is 4.21. The SMILES string of the molecule is Oc1ccccc1/C=C/c1ncnc2c1ncn2C1CCCCO1. The largest absolute Gasteiger partial charge is 0.507 e. The first-order valence-corrected chi connectivity index (χ1v) is 8.08. The van der Waals surface area contributed by atoms with E-state index in [0.29, 0.717) is 0 Å². The Balaban J connectivity index is 1.69. The van der Waals surface area contributed by atoms with Crippen LogP contribution in [0.2, 0.25) is 0 Å². The summed E-state index contributed by atoms with van der Waals surface area (Å²) >= 11 is 0. The molecule has 1 N–H and O–H groups in total. The maximum atomic E-state index is 9.86. The molecule has 1 unspecified atom stereocenters. The van der Waals surface area contributed by atoms with Crippen LogP contribution in [-0.4, -0.2) is 31.2 Å². The Morgan fingerprint density at radius 3 is 2.88 bits per heavy atom. The van der Waals surface area contributed by atoms with E-state index in [4.69, 9.17) is 4.74 Å². The quantitative estimate of drug-likeness (QED) is 0.800. The Kier molecular flexibility index (Phi) is 3.96. The summed E-state index contributed by atoms with van der Waals surface area (Å²) < 4.78 is 7.81. The third kappa shape index (κ3) is 2.76. The van der Waals surface area contributed by atoms with E-state index < -0.39 is 0 Å². The molecule has 1 aliphatic rings. The molecule has 24 heavy (non-hydrogen) atoms. The predicted octanol–water partition coefficient (Wildman–Crippen LogP) is 3.40. The topological polar surface area (TPSA) is 73.1 Å². The van der Waals surface area contributed by atoms with Crippen molar-refractivity contribution in [3.8, 4) is 5.75 Å². The Bertz CT molecular complexity index is 882. The van der Waals surface area contributed by atoms with Crippen LogP contribution in [0.1, 0.15) is 36.7 Å². The van der Waals surface area contributed by atoms with Gasteiger partial charge < -0.3 is 9.84 Å². The van der Waals surface area contributed by atoms with Gasteiger partial charge in [-0.1, -0.05) is 18.2 Å². The van der Waals surface area contributed by atoms with Gasteiger partial charge in [-0.3, -0.25) is 4.57 Å². The number of phenolic OH excluding ortho intramolecular Hbond substituents is 1. The highest BCUT2D eigenvalue weighted by Crippen LogP contribution is 2.26. The zero-order valence-electron chi connectivity index (χ0n) is 13.2. The number of ether oxygens (including phenoxy) is 1. The van der Waals surface area contributed by atoms with Gasteiger partial charge in [0.25, 0.3) is 0 Å². The molecule has 0 radical (unpaired) electrons. The van der Waals surface area contributed by atoms with E-state index >= 15 is 0 Å². The van der Waals surface area contributed by atoms with Gasteiger partial charge in [0.05, 0.1) is 12.0 Å². The zero-order valence-corrected chi connectivity index (χ0v) is 13.2. The molecule has 1 aromatic carbocycles. The van der Waals surface area contributed by atoms with Gasteiger partial charge in [0.1, 0.15) is 23.8 Å². The molecular weight excluding hydrogens is 304 g/mol. The van der Waals surface area contributed by atoms with E-state index in [-0.39, 0.29) is 12.0 Å². The van der Waals surface area contributed by atoms with Gasteiger partial charge in [0, 0.05) is 12.2 Å². The fourth-order valence-electron chi connectivity index (χ4n) is 2.94. The molecule has 0 saturated carbocycles. The van der Waals surface area contributed by atoms with Gasteiger partial charge in [-0.05, 0) is 37.5 Å². The number of hydrogen-bond donors (Lipinski definition) is 1. The number of imidazole rings is 1. The van der Waals surface area contributed by atoms with Crippen LogP contribution in [0.5, 0.6) is 5.75 Å². The van der Waals surface area contributed by atoms with Crippen molar-refractivity contribution in [3.05, 3.63) is 48.2 Å². The van der Waals surface area contributed by atoms with Gasteiger partial charge >= 0.3 is 0 Å². The molecule has 1 fully saturated rings. The van der Waals surface area contributed by atoms with Crippen molar-refractivity contribution >= 4 is 23.3 Å². The summed E-state index contributed by atoms with van der Waals surface area (Å²) in [5.41, 5.74) is 2.96. The van der Waals surface area contributed by atoms with E-state index in [1.165, 1.54) is 6.33 Å². The zero-order chi connectivity index (χ0) is 16.4. The summed E-state index contributed by atoms with van der Waals surface area (Å²) in [6.07, 6.45) is 10.2. The van der Waals surface area contributed by atoms with Crippen LogP contribution in [0.3, 0.4) is 0 Å². The molecule has 4 rings (SSSR count). The lowest BCUT2D eigenvalue weighted by Crippen LogP contribution is -2.17. The normalized spacial score (nSPS) is 18.4. The number of phenols is 1. The Labute approximate surface area is 139 Å². The number of benzene rings is 1. The Hall–Kier alpha value is -2.73. The van der Waals surface area contributed by atoms with Crippen molar-refractivity contribution in [1.82, 2.24) is 19.5 Å². The molecule has 2 aromatic heterocycles. The van der Waals surface area contributed by atoms with Gasteiger partial charge in [-0.25, -0.2) is 15.0 Å². The minimum Gasteiger partial charge on any atom is -0.507 e. The van der Waals surface area contributed by atoms with Crippen molar-refractivity contribution in [1.29, 1.82) is 0 Å². The van der Waals surface area contributed by atoms with Crippen molar-refractivity contribution in [2.45, 2.75) is 25.5 Å². The van der Waals surface area contributed by atoms with Crippen LogP contribution >= 0.6 is 0 Å². The maximum Gasteiger partial charge on any atom is 0.165 e. The van der Waals surface area contributed by atoms with Crippen LogP contribution in [-0.2, 0) is 4.74 Å². The predicted molar refractivity (Wildman–Crippen MR) is 91.2 cm³/mol. The molecule has 0 amide bonds. The Morgan fingerprint density at radius 2 is 2.04 bits per heavy atom. The van der Waals surface area contributed by atoms with Crippen LogP contribution in [0, 0.1) is 0 Å². The third-order valence-electron chi connectivity index (χ3n) is 4.21. The first kappa shape index (κ1) is 14.8. The minimum atomic E-state index is -0.00588. The smallest absolute Gasteiger partial charge is 0.165 e. The van der Waals surface area contributed by atoms with Crippen LogP contribution in [0.25, 0.3) is 23.3 Å². The highest BCUT2D eigenvalue weighted by molar-refractivity contribution is 5.84. The molecule has 0 bridgehead atoms. The molecule has 1 atom stereocenters. The number of fused-ring (bicyclic) bond motifs is 1. The number of aromatic hydroxyl groups is 1. The minimum absolute atomic E-state index is 0.00588. The maximum absolute atomic E-state index is 9.86. The summed E-state index contributed by atoms with van der Waals surface area (Å²) in [5.74, 6) is 0.236. The van der Waals surface area contributed by atoms with E-state index in [2.05, 4.69) is 15.0 Å². The molecular formula is C18H18N4O2. The Morgan fingerprint density at radius 1 is 1.12 bits per heavy atom. The van der Waals surface area contributed by atoms with Gasteiger partial charge in [0.2, 0.25) is 0 Å². The van der Waals surface area contributed by atoms with Crippen LogP contribution < -0.4 is 0 Å². The summed E-state index contributed by atoms with van der Waals surface area (Å²) in [7, 11) is 0. The lowest BCUT2D eigenvalue weighted by molar-refractivity contribution is -0.0298. The molecule has 122 valence electrons. The molecule has 3 aromatic rings. The van der Waals surface area contributed by atoms with E-state index in [0.717, 1.165) is 48.3 Å². The fourth-order valence-corrected chi connectivity index (χ4v) is 2.94. The van der Waals surface area contributed by atoms with E-state index in [1.54, 1.807) is 18.5 Å². The van der Waals surface area contributed by atoms with Crippen LogP contribution in [0.4, 0.5) is 0 Å². The van der Waals surface area contributed by atoms with Gasteiger partial charge in [-0.15, -0.1) is 0 Å². The van der Waals surface area contributed by atoms with Gasteiger partial charge in [-0.2, -0.15) is 0 Å². The number of nitrogens with zero attached hydrogens (tertiary/aromatic N) is 4. The van der Waals surface area contributed by atoms with Crippen molar-refractivity contribution in [2.75, 3.05) is 6.61 Å². The van der Waals surface area contributed by atoms with E-state index in [1.807, 2.05) is 28.9 Å². The number of rotatable bonds is 3. The second-order valence-electron chi connectivity index (χ2n) is 5.80. The molecule has 0 spiro atoms. The lowest BCUT2D eigenvalue weighted by Gasteiger charge is -2.23. The molecule has 0 aliphatic carbocycles. The molecule has 3 heterocycles. The van der Waals surface area contributed by atoms with Crippen molar-refractivity contribution < 1.29 is 9.84 Å². The molecule has 1 aliphatic heterocycles. The number of hydrogen-bond acceptors (Lipinski definition) is 5. The summed E-state index contributed by atoms with van der Waals surface area (Å²) in [6.45, 7) is 0.773. The molecule has 1 saturated heterocycles. The monoisotopic (exact) mass is 322 g/mol. The summed E-state index contributed by atoms with van der Waals surface area (Å²) in [6, 6.07) is 7.18. The second-order valence-corrected chi connectivity index (χ2v) is 5.80. The molecule has 6 heteroatoms. The number of aromatic nitrogens is 4. The standard InChI is InChI=1S/C18H18N4O2/c23-15-6-2-1-5-13(15)8-9-14-17-18(20-11-19-14)22(12-21-17)16-7-3-4-10-24-16/h1-2,5-6,8-9,11-12,16,23H,3-4,7,10H2/b9-8+. The van der Waals surface area contributed by atoms with Gasteiger partial charge in [0.15, 0.2) is 5.65 Å². The van der Waals surface area contributed by atoms with Crippen LogP contribution in [0.15, 0.2) is 36.9 Å². The molecule has 6 nitrogen and oxygen atoms in total. The first-order valence-electron chi connectivity index (χ1n) is 8.08. The first-order chi connectivity index (χ1) is 11.8. The second kappa shape index (κ2) is 6.41. The fraction of sp³-hybridized carbons (Fsp3) is 0.278. The summed E-state index contributed by atoms with van der Waals surface area (Å²) in [4.78, 5) is 13.2. The average Bonchev–Trinajstić information content (AvgIpc) is 3.06.